The molecule has 248 valence electrons. The van der Waals surface area contributed by atoms with Gasteiger partial charge in [-0.2, -0.15) is 0 Å². The summed E-state index contributed by atoms with van der Waals surface area (Å²) in [6.45, 7) is 7.35. The molecule has 4 aliphatic rings. The normalized spacial score (nSPS) is 24.4. The van der Waals surface area contributed by atoms with Gasteiger partial charge in [-0.15, -0.1) is 0 Å². The largest absolute Gasteiger partial charge is 0.772 e. The van der Waals surface area contributed by atoms with E-state index in [1.807, 2.05) is 20.8 Å². The van der Waals surface area contributed by atoms with Crippen molar-refractivity contribution < 1.29 is 32.7 Å². The van der Waals surface area contributed by atoms with Gasteiger partial charge in [0.25, 0.3) is 5.91 Å². The molecule has 4 rings (SSSR count). The molecule has 4 N–H and O–H groups in total. The van der Waals surface area contributed by atoms with Crippen LogP contribution in [-0.2, 0) is 30.3 Å². The van der Waals surface area contributed by atoms with Crippen LogP contribution in [0, 0.1) is 11.3 Å². The van der Waals surface area contributed by atoms with E-state index in [9.17, 15) is 32.7 Å². The first-order chi connectivity index (χ1) is 20.7. The molecule has 0 spiro atoms. The maximum Gasteiger partial charge on any atom is 0.315 e. The van der Waals surface area contributed by atoms with Gasteiger partial charge in [-0.25, -0.2) is 4.79 Å². The molecule has 1 heterocycles. The van der Waals surface area contributed by atoms with Gasteiger partial charge in [0, 0.05) is 17.8 Å². The molecule has 0 aromatic carbocycles. The van der Waals surface area contributed by atoms with E-state index in [1.165, 1.54) is 4.90 Å². The zero-order valence-corrected chi connectivity index (χ0v) is 27.4. The number of nitrogens with zero attached hydrogens (tertiary/aromatic N) is 1. The van der Waals surface area contributed by atoms with Crippen LogP contribution < -0.4 is 21.3 Å². The van der Waals surface area contributed by atoms with Crippen molar-refractivity contribution in [1.29, 1.82) is 0 Å². The number of hydrogen-bond acceptors (Lipinski definition) is 7. The smallest absolute Gasteiger partial charge is 0.315 e. The number of Topliss-reactive ketones (excluding diaryl/α,β-unsaturated/α-hetero) is 1. The maximum atomic E-state index is 14.0. The molecular weight excluding hydrogens is 586 g/mol. The molecule has 0 bridgehead atoms. The number of amides is 5. The summed E-state index contributed by atoms with van der Waals surface area (Å²) in [4.78, 5) is 68.0. The zero-order valence-electron chi connectivity index (χ0n) is 26.6. The van der Waals surface area contributed by atoms with Gasteiger partial charge >= 0.3 is 6.03 Å². The molecule has 0 aromatic heterocycles. The van der Waals surface area contributed by atoms with E-state index in [4.69, 9.17) is 0 Å². The second-order valence-electron chi connectivity index (χ2n) is 14.4. The third kappa shape index (κ3) is 8.80. The molecule has 5 atom stereocenters. The Morgan fingerprint density at radius 1 is 0.955 bits per heavy atom. The average Bonchev–Trinajstić information content (AvgIpc) is 3.91. The van der Waals surface area contributed by atoms with Gasteiger partial charge in [0.15, 0.2) is 0 Å². The highest BCUT2D eigenvalue weighted by Gasteiger charge is 2.45. The fourth-order valence-corrected chi connectivity index (χ4v) is 7.16. The molecule has 0 radical (unpaired) electrons. The highest BCUT2D eigenvalue weighted by atomic mass is 32.2. The molecule has 4 fully saturated rings. The van der Waals surface area contributed by atoms with Crippen molar-refractivity contribution in [2.24, 2.45) is 11.3 Å². The van der Waals surface area contributed by atoms with Gasteiger partial charge in [0.2, 0.25) is 17.6 Å². The summed E-state index contributed by atoms with van der Waals surface area (Å²) < 4.78 is 23.8. The number of ketones is 1. The molecule has 1 unspecified atom stereocenters. The standard InChI is InChI=1S/C31H51N5O7S/c1-19(44(42)43)31(16-6-5-7-17-31)35-29(41)34-25(30(2,3)4)28(40)36-18-8-9-23(36)26(38)33-22(15-12-20-10-11-20)24(37)27(39)32-21-13-14-21/h19-23,25H,5-18H2,1-4H3,(H,32,39)(H,33,38)(H,42,43)(H2,34,35,41)/p-1/t19-,22+,23+,25-/m1/s1. The van der Waals surface area contributed by atoms with Crippen molar-refractivity contribution in [1.82, 2.24) is 26.2 Å². The fraction of sp³-hybridized carbons (Fsp3) is 0.839. The monoisotopic (exact) mass is 636 g/mol. The van der Waals surface area contributed by atoms with Gasteiger partial charge < -0.3 is 30.7 Å². The summed E-state index contributed by atoms with van der Waals surface area (Å²) in [5, 5.41) is 10.5. The molecule has 3 saturated carbocycles. The summed E-state index contributed by atoms with van der Waals surface area (Å²) in [6.07, 6.45) is 9.53. The summed E-state index contributed by atoms with van der Waals surface area (Å²) in [6, 6.07) is -3.40. The fourth-order valence-electron chi connectivity index (χ4n) is 6.50. The molecule has 3 aliphatic carbocycles. The molecule has 13 heteroatoms. The number of carbonyl (C=O) groups excluding carboxylic acids is 5. The lowest BCUT2D eigenvalue weighted by Crippen LogP contribution is -2.64. The number of rotatable bonds is 13. The molecule has 12 nitrogen and oxygen atoms in total. The number of nitrogens with one attached hydrogen (secondary N) is 4. The van der Waals surface area contributed by atoms with E-state index >= 15 is 0 Å². The van der Waals surface area contributed by atoms with Gasteiger partial charge in [-0.05, 0) is 69.6 Å². The highest BCUT2D eigenvalue weighted by Crippen LogP contribution is 2.35. The third-order valence-electron chi connectivity index (χ3n) is 9.73. The molecule has 0 aromatic rings. The Labute approximate surface area is 263 Å². The van der Waals surface area contributed by atoms with Crippen LogP contribution in [0.15, 0.2) is 0 Å². The lowest BCUT2D eigenvalue weighted by molar-refractivity contribution is -0.143. The van der Waals surface area contributed by atoms with Gasteiger partial charge in [0.1, 0.15) is 12.1 Å². The average molecular weight is 637 g/mol. The Morgan fingerprint density at radius 3 is 2.18 bits per heavy atom. The van der Waals surface area contributed by atoms with Gasteiger partial charge in [-0.3, -0.25) is 23.4 Å². The summed E-state index contributed by atoms with van der Waals surface area (Å²) in [5.41, 5.74) is -1.65. The molecule has 1 saturated heterocycles. The second kappa shape index (κ2) is 14.3. The number of likely N-dealkylation sites (tertiary alicyclic amines) is 1. The summed E-state index contributed by atoms with van der Waals surface area (Å²) >= 11 is -2.39. The van der Waals surface area contributed by atoms with Crippen molar-refractivity contribution in [3.8, 4) is 0 Å². The van der Waals surface area contributed by atoms with Crippen LogP contribution in [0.3, 0.4) is 0 Å². The quantitative estimate of drug-likeness (QED) is 0.177. The van der Waals surface area contributed by atoms with E-state index in [0.29, 0.717) is 44.6 Å². The van der Waals surface area contributed by atoms with Crippen LogP contribution >= 0.6 is 0 Å². The van der Waals surface area contributed by atoms with Crippen LogP contribution in [-0.4, -0.2) is 84.7 Å². The minimum atomic E-state index is -2.39. The summed E-state index contributed by atoms with van der Waals surface area (Å²) in [7, 11) is 0. The molecule has 44 heavy (non-hydrogen) atoms. The first-order valence-electron chi connectivity index (χ1n) is 16.3. The predicted molar refractivity (Wildman–Crippen MR) is 164 cm³/mol. The van der Waals surface area contributed by atoms with Crippen molar-refractivity contribution in [2.75, 3.05) is 6.54 Å². The molecular formula is C31H50N5O7S-. The van der Waals surface area contributed by atoms with Crippen LogP contribution in [0.1, 0.15) is 111 Å². The summed E-state index contributed by atoms with van der Waals surface area (Å²) in [5.74, 6) is -1.73. The van der Waals surface area contributed by atoms with Crippen LogP contribution in [0.25, 0.3) is 0 Å². The minimum Gasteiger partial charge on any atom is -0.772 e. The Morgan fingerprint density at radius 2 is 1.61 bits per heavy atom. The van der Waals surface area contributed by atoms with Crippen molar-refractivity contribution in [2.45, 2.75) is 146 Å². The number of carbonyl (C=O) groups is 5. The van der Waals surface area contributed by atoms with Crippen molar-refractivity contribution in [3.63, 3.8) is 0 Å². The van der Waals surface area contributed by atoms with E-state index in [2.05, 4.69) is 21.3 Å². The predicted octanol–water partition coefficient (Wildman–Crippen LogP) is 2.18. The lowest BCUT2D eigenvalue weighted by atomic mass is 9.79. The first-order valence-corrected chi connectivity index (χ1v) is 17.5. The van der Waals surface area contributed by atoms with Crippen molar-refractivity contribution in [3.05, 3.63) is 0 Å². The Hall–Kier alpha value is -2.54. The van der Waals surface area contributed by atoms with E-state index < -0.39 is 74.9 Å². The Bertz CT molecular complexity index is 1130. The highest BCUT2D eigenvalue weighted by molar-refractivity contribution is 7.79. The van der Waals surface area contributed by atoms with Crippen LogP contribution in [0.4, 0.5) is 4.79 Å². The topological polar surface area (TPSA) is 177 Å². The van der Waals surface area contributed by atoms with E-state index in [1.54, 1.807) is 6.92 Å². The minimum absolute atomic E-state index is 0.0202. The zero-order chi connectivity index (χ0) is 32.2. The Balaban J connectivity index is 1.44. The number of urea groups is 1. The van der Waals surface area contributed by atoms with Crippen molar-refractivity contribution >= 4 is 40.6 Å². The van der Waals surface area contributed by atoms with Gasteiger partial charge in [0.05, 0.1) is 11.6 Å². The Kier molecular flexibility index (Phi) is 11.1. The van der Waals surface area contributed by atoms with Crippen LogP contribution in [0.5, 0.6) is 0 Å². The molecule has 1 aliphatic heterocycles. The maximum absolute atomic E-state index is 14.0. The lowest BCUT2D eigenvalue weighted by Gasteiger charge is -2.44. The van der Waals surface area contributed by atoms with Crippen LogP contribution in [0.2, 0.25) is 0 Å². The number of hydrogen-bond donors (Lipinski definition) is 4. The molecule has 5 amide bonds. The third-order valence-corrected chi connectivity index (χ3v) is 10.8. The second-order valence-corrected chi connectivity index (χ2v) is 15.6. The van der Waals surface area contributed by atoms with E-state index in [-0.39, 0.29) is 6.04 Å². The van der Waals surface area contributed by atoms with E-state index in [0.717, 1.165) is 51.4 Å². The van der Waals surface area contributed by atoms with Gasteiger partial charge in [-0.1, -0.05) is 64.0 Å². The SMILES string of the molecule is C[C@@H](S(=O)[O-])C1(NC(=O)N[C@H](C(=O)N2CCC[C@H]2C(=O)N[C@@H](CCC2CC2)C(=O)C(=O)NC2CC2)C(C)(C)C)CCCCC1. The first kappa shape index (κ1) is 34.3.